The Labute approximate surface area is 150 Å². The van der Waals surface area contributed by atoms with Crippen LogP contribution in [0.3, 0.4) is 0 Å². The lowest BCUT2D eigenvalue weighted by molar-refractivity contribution is 0.154. The topological polar surface area (TPSA) is 32.8 Å². The molecular formula is C19H29ClN2O2. The average molecular weight is 353 g/mol. The summed E-state index contributed by atoms with van der Waals surface area (Å²) in [6, 6.07) is 6.85. The van der Waals surface area contributed by atoms with Gasteiger partial charge in [0.05, 0.1) is 0 Å². The van der Waals surface area contributed by atoms with Crippen LogP contribution in [0.25, 0.3) is 0 Å². The Morgan fingerprint density at radius 2 is 1.67 bits per heavy atom. The first-order valence-electron chi connectivity index (χ1n) is 8.77. The summed E-state index contributed by atoms with van der Waals surface area (Å²) in [5.74, 6) is 2.10. The predicted molar refractivity (Wildman–Crippen MR) is 98.7 cm³/mol. The van der Waals surface area contributed by atoms with E-state index in [0.29, 0.717) is 10.8 Å². The van der Waals surface area contributed by atoms with E-state index in [1.807, 2.05) is 0 Å². The van der Waals surface area contributed by atoms with E-state index < -0.39 is 0 Å². The van der Waals surface area contributed by atoms with Crippen LogP contribution in [-0.4, -0.2) is 50.1 Å². The summed E-state index contributed by atoms with van der Waals surface area (Å²) in [5.41, 5.74) is 0. The summed E-state index contributed by atoms with van der Waals surface area (Å²) in [7, 11) is 6.09. The first-order valence-corrected chi connectivity index (χ1v) is 9.15. The van der Waals surface area contributed by atoms with Crippen molar-refractivity contribution >= 4 is 17.7 Å². The lowest BCUT2D eigenvalue weighted by atomic mass is 9.80. The molecular weight excluding hydrogens is 324 g/mol. The van der Waals surface area contributed by atoms with E-state index in [1.54, 1.807) is 36.2 Å². The maximum absolute atomic E-state index is 12.1. The molecule has 0 radical (unpaired) electrons. The van der Waals surface area contributed by atoms with Crippen LogP contribution in [0.15, 0.2) is 24.3 Å². The fourth-order valence-corrected chi connectivity index (χ4v) is 3.49. The van der Waals surface area contributed by atoms with Crippen molar-refractivity contribution in [3.05, 3.63) is 29.3 Å². The molecule has 1 amide bonds. The Hall–Kier alpha value is -1.26. The number of hydrogen-bond donors (Lipinski definition) is 0. The fourth-order valence-electron chi connectivity index (χ4n) is 3.37. The Bertz CT molecular complexity index is 511. The first-order chi connectivity index (χ1) is 11.4. The highest BCUT2D eigenvalue weighted by Gasteiger charge is 2.22. The summed E-state index contributed by atoms with van der Waals surface area (Å²) in [6.07, 6.45) is 5.92. The molecule has 0 N–H and O–H groups in total. The Balaban J connectivity index is 1.68. The fraction of sp³-hybridized carbons (Fsp3) is 0.632. The predicted octanol–water partition coefficient (Wildman–Crippen LogP) is 4.53. The normalized spacial score (nSPS) is 20.9. The van der Waals surface area contributed by atoms with Crippen LogP contribution in [0.2, 0.25) is 5.02 Å². The van der Waals surface area contributed by atoms with Gasteiger partial charge in [0.25, 0.3) is 0 Å². The smallest absolute Gasteiger partial charge is 0.410 e. The second-order valence-electron chi connectivity index (χ2n) is 7.18. The minimum Gasteiger partial charge on any atom is -0.410 e. The van der Waals surface area contributed by atoms with Gasteiger partial charge in [-0.1, -0.05) is 24.4 Å². The van der Waals surface area contributed by atoms with Gasteiger partial charge in [0.2, 0.25) is 0 Å². The summed E-state index contributed by atoms with van der Waals surface area (Å²) < 4.78 is 5.35. The van der Waals surface area contributed by atoms with Crippen molar-refractivity contribution in [1.82, 2.24) is 9.80 Å². The average Bonchev–Trinajstić information content (AvgIpc) is 2.55. The first kappa shape index (κ1) is 19.1. The molecule has 0 aromatic heterocycles. The van der Waals surface area contributed by atoms with Gasteiger partial charge >= 0.3 is 6.09 Å². The number of benzene rings is 1. The number of nitrogens with zero attached hydrogens (tertiary/aromatic N) is 2. The molecule has 1 aromatic carbocycles. The van der Waals surface area contributed by atoms with Crippen molar-refractivity contribution < 1.29 is 9.53 Å². The number of halogens is 1. The SMILES string of the molecule is CN(C)CC1CCC(CCN(C)C(=O)Oc2ccc(Cl)cc2)CC1. The van der Waals surface area contributed by atoms with Gasteiger partial charge in [0.1, 0.15) is 5.75 Å². The lowest BCUT2D eigenvalue weighted by Crippen LogP contribution is -2.32. The van der Waals surface area contributed by atoms with Crippen LogP contribution in [0.1, 0.15) is 32.1 Å². The van der Waals surface area contributed by atoms with Crippen LogP contribution in [-0.2, 0) is 0 Å². The van der Waals surface area contributed by atoms with Crippen LogP contribution in [0.4, 0.5) is 4.79 Å². The van der Waals surface area contributed by atoms with Crippen LogP contribution in [0, 0.1) is 11.8 Å². The summed E-state index contributed by atoms with van der Waals surface area (Å²) in [4.78, 5) is 16.1. The van der Waals surface area contributed by atoms with Crippen molar-refractivity contribution in [1.29, 1.82) is 0 Å². The van der Waals surface area contributed by atoms with Crippen LogP contribution >= 0.6 is 11.6 Å². The zero-order valence-electron chi connectivity index (χ0n) is 15.0. The highest BCUT2D eigenvalue weighted by atomic mass is 35.5. The molecule has 134 valence electrons. The quantitative estimate of drug-likeness (QED) is 0.754. The van der Waals surface area contributed by atoms with Gasteiger partial charge in [0.15, 0.2) is 0 Å². The second kappa shape index (κ2) is 9.28. The molecule has 1 aromatic rings. The van der Waals surface area contributed by atoms with Crippen molar-refractivity contribution in [3.8, 4) is 5.75 Å². The highest BCUT2D eigenvalue weighted by molar-refractivity contribution is 6.30. The molecule has 0 saturated heterocycles. The monoisotopic (exact) mass is 352 g/mol. The van der Waals surface area contributed by atoms with E-state index in [1.165, 1.54) is 32.2 Å². The Morgan fingerprint density at radius 3 is 2.25 bits per heavy atom. The molecule has 0 atom stereocenters. The number of hydrogen-bond acceptors (Lipinski definition) is 3. The van der Waals surface area contributed by atoms with E-state index in [2.05, 4.69) is 19.0 Å². The molecule has 1 aliphatic rings. The third kappa shape index (κ3) is 6.33. The third-order valence-electron chi connectivity index (χ3n) is 4.79. The molecule has 1 fully saturated rings. The van der Waals surface area contributed by atoms with Gasteiger partial charge in [-0.2, -0.15) is 0 Å². The standard InChI is InChI=1S/C19H29ClN2O2/c1-21(2)14-16-6-4-15(5-7-16)12-13-22(3)19(23)24-18-10-8-17(20)9-11-18/h8-11,15-16H,4-7,12-14H2,1-3H3. The molecule has 1 aliphatic carbocycles. The van der Waals surface area contributed by atoms with E-state index >= 15 is 0 Å². The summed E-state index contributed by atoms with van der Waals surface area (Å²) in [5, 5.41) is 0.632. The minimum atomic E-state index is -0.307. The van der Waals surface area contributed by atoms with Crippen molar-refractivity contribution in [3.63, 3.8) is 0 Å². The van der Waals surface area contributed by atoms with Crippen molar-refractivity contribution in [2.75, 3.05) is 34.2 Å². The summed E-state index contributed by atoms with van der Waals surface area (Å²) in [6.45, 7) is 1.94. The van der Waals surface area contributed by atoms with E-state index in [9.17, 15) is 4.79 Å². The van der Waals surface area contributed by atoms with Crippen molar-refractivity contribution in [2.45, 2.75) is 32.1 Å². The summed E-state index contributed by atoms with van der Waals surface area (Å²) >= 11 is 5.83. The number of carbonyl (C=O) groups excluding carboxylic acids is 1. The van der Waals surface area contributed by atoms with E-state index in [-0.39, 0.29) is 6.09 Å². The maximum atomic E-state index is 12.1. The second-order valence-corrected chi connectivity index (χ2v) is 7.62. The molecule has 0 spiro atoms. The maximum Gasteiger partial charge on any atom is 0.414 e. The number of amides is 1. The molecule has 0 heterocycles. The van der Waals surface area contributed by atoms with E-state index in [0.717, 1.165) is 24.8 Å². The number of carbonyl (C=O) groups is 1. The van der Waals surface area contributed by atoms with Gasteiger partial charge in [-0.3, -0.25) is 0 Å². The number of rotatable bonds is 6. The molecule has 1 saturated carbocycles. The molecule has 5 heteroatoms. The van der Waals surface area contributed by atoms with Gasteiger partial charge < -0.3 is 14.5 Å². The van der Waals surface area contributed by atoms with Gasteiger partial charge in [0, 0.05) is 25.2 Å². The van der Waals surface area contributed by atoms with Crippen LogP contribution in [0.5, 0.6) is 5.75 Å². The van der Waals surface area contributed by atoms with Gasteiger partial charge in [-0.15, -0.1) is 0 Å². The highest BCUT2D eigenvalue weighted by Crippen LogP contribution is 2.31. The largest absolute Gasteiger partial charge is 0.414 e. The molecule has 0 bridgehead atoms. The molecule has 24 heavy (non-hydrogen) atoms. The molecule has 4 nitrogen and oxygen atoms in total. The minimum absolute atomic E-state index is 0.307. The molecule has 0 aliphatic heterocycles. The third-order valence-corrected chi connectivity index (χ3v) is 5.04. The zero-order chi connectivity index (χ0) is 17.5. The van der Waals surface area contributed by atoms with E-state index in [4.69, 9.17) is 16.3 Å². The zero-order valence-corrected chi connectivity index (χ0v) is 15.8. The molecule has 2 rings (SSSR count). The van der Waals surface area contributed by atoms with Crippen molar-refractivity contribution in [2.24, 2.45) is 11.8 Å². The van der Waals surface area contributed by atoms with Crippen LogP contribution < -0.4 is 4.74 Å². The van der Waals surface area contributed by atoms with Gasteiger partial charge in [-0.25, -0.2) is 4.79 Å². The molecule has 0 unspecified atom stereocenters. The van der Waals surface area contributed by atoms with Gasteiger partial charge in [-0.05, 0) is 69.5 Å². The lowest BCUT2D eigenvalue weighted by Gasteiger charge is -2.31. The Kier molecular flexibility index (Phi) is 7.38. The number of ether oxygens (including phenoxy) is 1. The Morgan fingerprint density at radius 1 is 1.08 bits per heavy atom.